The number of nitrogens with two attached hydrogens (primary N) is 1. The first-order chi connectivity index (χ1) is 12.8. The summed E-state index contributed by atoms with van der Waals surface area (Å²) in [6.07, 6.45) is 1.87. The molecule has 27 heavy (non-hydrogen) atoms. The van der Waals surface area contributed by atoms with Crippen LogP contribution in [0.25, 0.3) is 0 Å². The summed E-state index contributed by atoms with van der Waals surface area (Å²) < 4.78 is 28.2. The van der Waals surface area contributed by atoms with E-state index in [0.29, 0.717) is 0 Å². The summed E-state index contributed by atoms with van der Waals surface area (Å²) in [6, 6.07) is 6.74. The number of sulfonamides is 1. The van der Waals surface area contributed by atoms with Gasteiger partial charge in [0.1, 0.15) is 5.75 Å². The van der Waals surface area contributed by atoms with E-state index in [1.165, 1.54) is 0 Å². The zero-order valence-corrected chi connectivity index (χ0v) is 16.8. The molecule has 2 heterocycles. The summed E-state index contributed by atoms with van der Waals surface area (Å²) in [4.78, 5) is 9.35. The molecule has 0 spiro atoms. The van der Waals surface area contributed by atoms with Gasteiger partial charge in [-0.15, -0.1) is 0 Å². The molecule has 1 fully saturated rings. The summed E-state index contributed by atoms with van der Waals surface area (Å²) >= 11 is 0. The SMILES string of the molecule is COc1c(C)cnc(CN2CCN(c3ccc(S(N)(=O)=O)cc3)CC2)c1C. The fourth-order valence-corrected chi connectivity index (χ4v) is 3.97. The highest BCUT2D eigenvalue weighted by atomic mass is 32.2. The normalized spacial score (nSPS) is 15.8. The van der Waals surface area contributed by atoms with E-state index in [-0.39, 0.29) is 4.90 Å². The number of methoxy groups -OCH3 is 1. The Hall–Kier alpha value is -2.16. The molecule has 0 amide bonds. The number of ether oxygens (including phenoxy) is 1. The Kier molecular flexibility index (Phi) is 5.69. The van der Waals surface area contributed by atoms with E-state index in [4.69, 9.17) is 9.88 Å². The molecule has 1 saturated heterocycles. The Balaban J connectivity index is 1.63. The number of hydrogen-bond donors (Lipinski definition) is 1. The third-order valence-corrected chi connectivity index (χ3v) is 5.96. The highest BCUT2D eigenvalue weighted by Crippen LogP contribution is 2.25. The molecular weight excluding hydrogens is 364 g/mol. The number of aryl methyl sites for hydroxylation is 1. The summed E-state index contributed by atoms with van der Waals surface area (Å²) in [5.41, 5.74) is 4.20. The Morgan fingerprint density at radius 2 is 1.74 bits per heavy atom. The maximum Gasteiger partial charge on any atom is 0.238 e. The van der Waals surface area contributed by atoms with Gasteiger partial charge in [0.2, 0.25) is 10.0 Å². The minimum atomic E-state index is -3.65. The van der Waals surface area contributed by atoms with Gasteiger partial charge in [-0.3, -0.25) is 9.88 Å². The zero-order valence-electron chi connectivity index (χ0n) is 16.0. The highest BCUT2D eigenvalue weighted by molar-refractivity contribution is 7.89. The number of aromatic nitrogens is 1. The Labute approximate surface area is 160 Å². The van der Waals surface area contributed by atoms with Gasteiger partial charge in [0.05, 0.1) is 17.7 Å². The molecule has 146 valence electrons. The molecular formula is C19H26N4O3S. The van der Waals surface area contributed by atoms with E-state index in [2.05, 4.69) is 21.7 Å². The standard InChI is InChI=1S/C19H26N4O3S/c1-14-12-21-18(15(2)19(14)26-3)13-22-8-10-23(11-9-22)16-4-6-17(7-5-16)27(20,24)25/h4-7,12H,8-11,13H2,1-3H3,(H2,20,24,25). The van der Waals surface area contributed by atoms with Crippen LogP contribution < -0.4 is 14.8 Å². The molecule has 2 N–H and O–H groups in total. The fraction of sp³-hybridized carbons (Fsp3) is 0.421. The molecule has 1 aliphatic rings. The number of rotatable bonds is 5. The molecule has 3 rings (SSSR count). The second kappa shape index (κ2) is 7.84. The molecule has 0 atom stereocenters. The Morgan fingerprint density at radius 3 is 2.30 bits per heavy atom. The van der Waals surface area contributed by atoms with Crippen molar-refractivity contribution in [3.63, 3.8) is 0 Å². The predicted molar refractivity (Wildman–Crippen MR) is 106 cm³/mol. The van der Waals surface area contributed by atoms with Crippen LogP contribution in [-0.2, 0) is 16.6 Å². The Bertz CT molecular complexity index is 905. The number of nitrogens with zero attached hydrogens (tertiary/aromatic N) is 3. The van der Waals surface area contributed by atoms with Crippen molar-refractivity contribution in [2.24, 2.45) is 5.14 Å². The second-order valence-corrected chi connectivity index (χ2v) is 8.41. The summed E-state index contributed by atoms with van der Waals surface area (Å²) in [5, 5.41) is 5.16. The van der Waals surface area contributed by atoms with E-state index < -0.39 is 10.0 Å². The minimum Gasteiger partial charge on any atom is -0.496 e. The van der Waals surface area contributed by atoms with Gasteiger partial charge in [-0.05, 0) is 38.1 Å². The second-order valence-electron chi connectivity index (χ2n) is 6.85. The summed E-state index contributed by atoms with van der Waals surface area (Å²) in [5.74, 6) is 0.911. The van der Waals surface area contributed by atoms with Crippen LogP contribution in [0.1, 0.15) is 16.8 Å². The van der Waals surface area contributed by atoms with Crippen LogP contribution in [0.15, 0.2) is 35.4 Å². The third-order valence-electron chi connectivity index (χ3n) is 5.03. The van der Waals surface area contributed by atoms with Crippen LogP contribution >= 0.6 is 0 Å². The Morgan fingerprint density at radius 1 is 1.11 bits per heavy atom. The van der Waals surface area contributed by atoms with Crippen LogP contribution in [0.3, 0.4) is 0 Å². The van der Waals surface area contributed by atoms with Gasteiger partial charge in [0.15, 0.2) is 0 Å². The largest absolute Gasteiger partial charge is 0.496 e. The van der Waals surface area contributed by atoms with E-state index in [9.17, 15) is 8.42 Å². The highest BCUT2D eigenvalue weighted by Gasteiger charge is 2.20. The van der Waals surface area contributed by atoms with Crippen molar-refractivity contribution in [1.29, 1.82) is 0 Å². The molecule has 1 aromatic carbocycles. The molecule has 1 aliphatic heterocycles. The van der Waals surface area contributed by atoms with Gasteiger partial charge in [-0.2, -0.15) is 0 Å². The van der Waals surface area contributed by atoms with Crippen molar-refractivity contribution in [2.75, 3.05) is 38.2 Å². The molecule has 0 saturated carbocycles. The van der Waals surface area contributed by atoms with E-state index in [1.807, 2.05) is 25.3 Å². The number of hydrogen-bond acceptors (Lipinski definition) is 6. The van der Waals surface area contributed by atoms with Gasteiger partial charge in [0, 0.05) is 55.7 Å². The van der Waals surface area contributed by atoms with E-state index >= 15 is 0 Å². The van der Waals surface area contributed by atoms with E-state index in [1.54, 1.807) is 19.2 Å². The van der Waals surface area contributed by atoms with Crippen molar-refractivity contribution in [3.05, 3.63) is 47.3 Å². The summed E-state index contributed by atoms with van der Waals surface area (Å²) in [6.45, 7) is 8.41. The first-order valence-corrected chi connectivity index (χ1v) is 10.4. The monoisotopic (exact) mass is 390 g/mol. The van der Waals surface area contributed by atoms with Crippen LogP contribution in [0.4, 0.5) is 5.69 Å². The molecule has 0 aliphatic carbocycles. The van der Waals surface area contributed by atoms with Crippen LogP contribution in [0.2, 0.25) is 0 Å². The lowest BCUT2D eigenvalue weighted by Crippen LogP contribution is -2.46. The average molecular weight is 391 g/mol. The number of piperazine rings is 1. The number of primary sulfonamides is 1. The number of pyridine rings is 1. The zero-order chi connectivity index (χ0) is 19.6. The first kappa shape index (κ1) is 19.6. The van der Waals surface area contributed by atoms with Crippen LogP contribution in [0, 0.1) is 13.8 Å². The lowest BCUT2D eigenvalue weighted by molar-refractivity contribution is 0.246. The number of anilines is 1. The van der Waals surface area contributed by atoms with Crippen molar-refractivity contribution < 1.29 is 13.2 Å². The van der Waals surface area contributed by atoms with Gasteiger partial charge in [-0.1, -0.05) is 0 Å². The molecule has 7 nitrogen and oxygen atoms in total. The van der Waals surface area contributed by atoms with Crippen molar-refractivity contribution >= 4 is 15.7 Å². The number of benzene rings is 1. The van der Waals surface area contributed by atoms with Gasteiger partial charge in [0.25, 0.3) is 0 Å². The summed E-state index contributed by atoms with van der Waals surface area (Å²) in [7, 11) is -1.96. The van der Waals surface area contributed by atoms with Crippen LogP contribution in [-0.4, -0.2) is 51.6 Å². The molecule has 0 unspecified atom stereocenters. The lowest BCUT2D eigenvalue weighted by atomic mass is 10.1. The molecule has 1 aromatic heterocycles. The fourth-order valence-electron chi connectivity index (χ4n) is 3.45. The minimum absolute atomic E-state index is 0.139. The van der Waals surface area contributed by atoms with Crippen molar-refractivity contribution in [1.82, 2.24) is 9.88 Å². The predicted octanol–water partition coefficient (Wildman–Crippen LogP) is 1.68. The molecule has 8 heteroatoms. The van der Waals surface area contributed by atoms with Gasteiger partial charge in [-0.25, -0.2) is 13.6 Å². The van der Waals surface area contributed by atoms with Gasteiger partial charge < -0.3 is 9.64 Å². The molecule has 2 aromatic rings. The van der Waals surface area contributed by atoms with Crippen molar-refractivity contribution in [3.8, 4) is 5.75 Å². The van der Waals surface area contributed by atoms with Crippen LogP contribution in [0.5, 0.6) is 5.75 Å². The third kappa shape index (κ3) is 4.40. The maximum atomic E-state index is 11.4. The lowest BCUT2D eigenvalue weighted by Gasteiger charge is -2.36. The van der Waals surface area contributed by atoms with Crippen molar-refractivity contribution in [2.45, 2.75) is 25.3 Å². The average Bonchev–Trinajstić information content (AvgIpc) is 2.64. The van der Waals surface area contributed by atoms with Gasteiger partial charge >= 0.3 is 0 Å². The smallest absolute Gasteiger partial charge is 0.238 e. The topological polar surface area (TPSA) is 88.8 Å². The quantitative estimate of drug-likeness (QED) is 0.836. The molecule has 0 bridgehead atoms. The maximum absolute atomic E-state index is 11.4. The first-order valence-electron chi connectivity index (χ1n) is 8.89. The van der Waals surface area contributed by atoms with E-state index in [0.717, 1.165) is 61.0 Å². The molecule has 0 radical (unpaired) electrons.